The largest absolute Gasteiger partial charge is 0.375 e. The van der Waals surface area contributed by atoms with E-state index in [1.54, 1.807) is 18.3 Å². The van der Waals surface area contributed by atoms with Crippen LogP contribution in [0.25, 0.3) is 0 Å². The van der Waals surface area contributed by atoms with Gasteiger partial charge in [-0.15, -0.1) is 0 Å². The van der Waals surface area contributed by atoms with Crippen molar-refractivity contribution >= 4 is 17.5 Å². The highest BCUT2D eigenvalue weighted by molar-refractivity contribution is 5.88. The molecule has 2 rings (SSSR count). The highest BCUT2D eigenvalue weighted by atomic mass is 16.5. The van der Waals surface area contributed by atoms with Gasteiger partial charge in [-0.05, 0) is 17.7 Å². The summed E-state index contributed by atoms with van der Waals surface area (Å²) in [6.45, 7) is 1.43. The Bertz CT molecular complexity index is 679. The van der Waals surface area contributed by atoms with Gasteiger partial charge in [0, 0.05) is 39.2 Å². The van der Waals surface area contributed by atoms with Gasteiger partial charge < -0.3 is 19.9 Å². The van der Waals surface area contributed by atoms with Gasteiger partial charge in [-0.2, -0.15) is 0 Å². The Hall–Kier alpha value is -2.67. The van der Waals surface area contributed by atoms with E-state index in [0.717, 1.165) is 5.56 Å². The van der Waals surface area contributed by atoms with E-state index < -0.39 is 6.04 Å². The fourth-order valence-electron chi connectivity index (χ4n) is 2.25. The van der Waals surface area contributed by atoms with E-state index in [0.29, 0.717) is 11.5 Å². The number of aryl methyl sites for hydroxylation is 1. The minimum Gasteiger partial charge on any atom is -0.375 e. The lowest BCUT2D eigenvalue weighted by molar-refractivity contribution is -0.125. The minimum absolute atomic E-state index is 0.0229. The Balaban J connectivity index is 2.28. The predicted octanol–water partition coefficient (Wildman–Crippen LogP) is 1.23. The zero-order chi connectivity index (χ0) is 16.8. The first-order valence-corrected chi connectivity index (χ1v) is 7.14. The van der Waals surface area contributed by atoms with Crippen LogP contribution in [0, 0.1) is 0 Å². The van der Waals surface area contributed by atoms with Gasteiger partial charge in [-0.1, -0.05) is 12.1 Å². The van der Waals surface area contributed by atoms with Crippen molar-refractivity contribution in [2.75, 3.05) is 19.0 Å². The van der Waals surface area contributed by atoms with Crippen LogP contribution in [0.15, 0.2) is 36.7 Å². The standard InChI is InChI=1S/C16H20N4O3/c1-11(21)18-13-6-4-12(5-7-13)15(19-14(22)10-23-3)16-17-8-9-20(16)2/h4-9,15H,10H2,1-3H3,(H,18,21)(H,19,22). The van der Waals surface area contributed by atoms with Crippen LogP contribution in [0.3, 0.4) is 0 Å². The summed E-state index contributed by atoms with van der Waals surface area (Å²) in [4.78, 5) is 27.3. The van der Waals surface area contributed by atoms with E-state index in [9.17, 15) is 9.59 Å². The Kier molecular flexibility index (Phi) is 5.48. The Morgan fingerprint density at radius 1 is 1.30 bits per heavy atom. The molecule has 2 aromatic rings. The number of rotatable bonds is 6. The second-order valence-corrected chi connectivity index (χ2v) is 5.13. The van der Waals surface area contributed by atoms with Gasteiger partial charge in [0.15, 0.2) is 0 Å². The third kappa shape index (κ3) is 4.40. The lowest BCUT2D eigenvalue weighted by atomic mass is 10.1. The molecule has 2 amide bonds. The highest BCUT2D eigenvalue weighted by Gasteiger charge is 2.20. The van der Waals surface area contributed by atoms with Crippen molar-refractivity contribution < 1.29 is 14.3 Å². The maximum absolute atomic E-state index is 11.9. The van der Waals surface area contributed by atoms with Crippen molar-refractivity contribution in [1.82, 2.24) is 14.9 Å². The van der Waals surface area contributed by atoms with Crippen LogP contribution in [0.5, 0.6) is 0 Å². The molecule has 0 bridgehead atoms. The number of nitrogens with zero attached hydrogens (tertiary/aromatic N) is 2. The van der Waals surface area contributed by atoms with Gasteiger partial charge in [0.2, 0.25) is 11.8 Å². The number of aromatic nitrogens is 2. The third-order valence-corrected chi connectivity index (χ3v) is 3.26. The summed E-state index contributed by atoms with van der Waals surface area (Å²) in [6, 6.07) is 6.86. The van der Waals surface area contributed by atoms with Crippen LogP contribution in [0.4, 0.5) is 5.69 Å². The van der Waals surface area contributed by atoms with Crippen molar-refractivity contribution in [3.63, 3.8) is 0 Å². The monoisotopic (exact) mass is 316 g/mol. The molecule has 0 radical (unpaired) electrons. The molecule has 0 aliphatic heterocycles. The van der Waals surface area contributed by atoms with Crippen molar-refractivity contribution in [1.29, 1.82) is 0 Å². The number of hydrogen-bond acceptors (Lipinski definition) is 4. The molecular formula is C16H20N4O3. The van der Waals surface area contributed by atoms with Crippen molar-refractivity contribution in [2.24, 2.45) is 7.05 Å². The summed E-state index contributed by atoms with van der Waals surface area (Å²) in [5, 5.41) is 5.61. The number of anilines is 1. The number of benzene rings is 1. The molecule has 1 aromatic carbocycles. The molecule has 7 nitrogen and oxygen atoms in total. The number of nitrogens with one attached hydrogen (secondary N) is 2. The minimum atomic E-state index is -0.399. The zero-order valence-corrected chi connectivity index (χ0v) is 13.4. The molecular weight excluding hydrogens is 296 g/mol. The number of amides is 2. The summed E-state index contributed by atoms with van der Waals surface area (Å²) >= 11 is 0. The number of carbonyl (C=O) groups is 2. The topological polar surface area (TPSA) is 85.2 Å². The molecule has 1 unspecified atom stereocenters. The molecule has 1 heterocycles. The average molecular weight is 316 g/mol. The van der Waals surface area contributed by atoms with Crippen LogP contribution in [0.2, 0.25) is 0 Å². The van der Waals surface area contributed by atoms with E-state index in [4.69, 9.17) is 4.74 Å². The van der Waals surface area contributed by atoms with Gasteiger partial charge in [-0.3, -0.25) is 9.59 Å². The Morgan fingerprint density at radius 3 is 2.52 bits per heavy atom. The fraction of sp³-hybridized carbons (Fsp3) is 0.312. The van der Waals surface area contributed by atoms with Crippen molar-refractivity contribution in [3.05, 3.63) is 48.0 Å². The lowest BCUT2D eigenvalue weighted by Gasteiger charge is -2.19. The van der Waals surface area contributed by atoms with E-state index in [1.807, 2.05) is 29.9 Å². The van der Waals surface area contributed by atoms with E-state index in [2.05, 4.69) is 15.6 Å². The molecule has 0 fully saturated rings. The Labute approximate surface area is 134 Å². The Morgan fingerprint density at radius 2 is 2.00 bits per heavy atom. The molecule has 0 saturated heterocycles. The van der Waals surface area contributed by atoms with E-state index >= 15 is 0 Å². The summed E-state index contributed by atoms with van der Waals surface area (Å²) in [5.41, 5.74) is 1.56. The number of hydrogen-bond donors (Lipinski definition) is 2. The first kappa shape index (κ1) is 16.7. The van der Waals surface area contributed by atoms with Gasteiger partial charge in [-0.25, -0.2) is 4.98 Å². The normalized spacial score (nSPS) is 11.8. The maximum atomic E-state index is 11.9. The first-order valence-electron chi connectivity index (χ1n) is 7.14. The van der Waals surface area contributed by atoms with Gasteiger partial charge in [0.1, 0.15) is 18.5 Å². The van der Waals surface area contributed by atoms with E-state index in [1.165, 1.54) is 14.0 Å². The summed E-state index contributed by atoms with van der Waals surface area (Å²) in [6.07, 6.45) is 3.49. The van der Waals surface area contributed by atoms with Gasteiger partial charge in [0.25, 0.3) is 0 Å². The molecule has 0 aliphatic carbocycles. The SMILES string of the molecule is COCC(=O)NC(c1ccc(NC(C)=O)cc1)c1nccn1C. The molecule has 23 heavy (non-hydrogen) atoms. The highest BCUT2D eigenvalue weighted by Crippen LogP contribution is 2.22. The van der Waals surface area contributed by atoms with Crippen LogP contribution in [-0.2, 0) is 21.4 Å². The number of methoxy groups -OCH3 is 1. The molecule has 1 atom stereocenters. The molecule has 2 N–H and O–H groups in total. The van der Waals surface area contributed by atoms with Crippen molar-refractivity contribution in [3.8, 4) is 0 Å². The molecule has 0 saturated carbocycles. The second kappa shape index (κ2) is 7.55. The van der Waals surface area contributed by atoms with Gasteiger partial charge in [0.05, 0.1) is 0 Å². The zero-order valence-electron chi connectivity index (χ0n) is 13.4. The molecule has 0 spiro atoms. The second-order valence-electron chi connectivity index (χ2n) is 5.13. The van der Waals surface area contributed by atoms with Crippen LogP contribution < -0.4 is 10.6 Å². The third-order valence-electron chi connectivity index (χ3n) is 3.26. The van der Waals surface area contributed by atoms with Crippen LogP contribution in [0.1, 0.15) is 24.4 Å². The lowest BCUT2D eigenvalue weighted by Crippen LogP contribution is -2.33. The smallest absolute Gasteiger partial charge is 0.246 e. The quantitative estimate of drug-likeness (QED) is 0.839. The maximum Gasteiger partial charge on any atom is 0.246 e. The van der Waals surface area contributed by atoms with Crippen LogP contribution in [-0.4, -0.2) is 35.1 Å². The summed E-state index contributed by atoms with van der Waals surface area (Å²) in [5.74, 6) is 0.347. The molecule has 122 valence electrons. The molecule has 0 aliphatic rings. The van der Waals surface area contributed by atoms with Crippen molar-refractivity contribution in [2.45, 2.75) is 13.0 Å². The number of carbonyl (C=O) groups excluding carboxylic acids is 2. The van der Waals surface area contributed by atoms with E-state index in [-0.39, 0.29) is 18.4 Å². The number of ether oxygens (including phenoxy) is 1. The summed E-state index contributed by atoms with van der Waals surface area (Å²) in [7, 11) is 3.33. The van der Waals surface area contributed by atoms with Gasteiger partial charge >= 0.3 is 0 Å². The molecule has 1 aromatic heterocycles. The molecule has 7 heteroatoms. The summed E-state index contributed by atoms with van der Waals surface area (Å²) < 4.78 is 6.71. The predicted molar refractivity (Wildman–Crippen MR) is 85.8 cm³/mol. The fourth-order valence-corrected chi connectivity index (χ4v) is 2.25. The average Bonchev–Trinajstić information content (AvgIpc) is 2.91. The van der Waals surface area contributed by atoms with Crippen LogP contribution >= 0.6 is 0 Å². The first-order chi connectivity index (χ1) is 11.0. The number of imidazole rings is 1.